The van der Waals surface area contributed by atoms with E-state index in [4.69, 9.17) is 28.4 Å². The zero-order chi connectivity index (χ0) is 28.0. The Labute approximate surface area is 226 Å². The Bertz CT molecular complexity index is 1240. The number of nitrogens with one attached hydrogen (secondary N) is 2. The van der Waals surface area contributed by atoms with Crippen LogP contribution in [-0.2, 0) is 9.53 Å². The van der Waals surface area contributed by atoms with E-state index in [0.717, 1.165) is 5.69 Å². The van der Waals surface area contributed by atoms with Crippen molar-refractivity contribution in [3.63, 3.8) is 0 Å². The molecule has 2 amide bonds. The number of thiocarbonyl (C=S) groups is 1. The zero-order valence-electron chi connectivity index (χ0n) is 21.7. The molecule has 202 valence electrons. The van der Waals surface area contributed by atoms with Crippen LogP contribution < -0.4 is 31.9 Å². The predicted octanol–water partition coefficient (Wildman–Crippen LogP) is 1.18. The van der Waals surface area contributed by atoms with E-state index >= 15 is 0 Å². The van der Waals surface area contributed by atoms with Crippen LogP contribution in [0.25, 0.3) is 0 Å². The van der Waals surface area contributed by atoms with Crippen molar-refractivity contribution in [1.29, 1.82) is 0 Å². The van der Waals surface area contributed by atoms with E-state index in [0.29, 0.717) is 30.6 Å². The molecule has 13 heteroatoms. The number of ether oxygens (including phenoxy) is 1. The smallest absolute Gasteiger partial charge is 0.330 e. The molecular weight excluding hydrogens is 508 g/mol. The molecule has 12 nitrogen and oxygen atoms in total. The van der Waals surface area contributed by atoms with E-state index in [2.05, 4.69) is 20.6 Å². The van der Waals surface area contributed by atoms with Crippen LogP contribution in [0.15, 0.2) is 42.2 Å². The number of piperidine rings is 1. The van der Waals surface area contributed by atoms with Gasteiger partial charge in [0.05, 0.1) is 19.3 Å². The first-order chi connectivity index (χ1) is 18.0. The number of anilines is 3. The standard InChI is InChI=1S/C25H32N8O4S/c1-14(26)12-19(38)31-23-20(22(27)34)28-13-18(30-23)33-11-5-6-17(21(33)25(36)37-4)29-24(35)15-7-9-16(10-8-15)32(2)3/h7-10,12-13,17,21H,5-6,11,26H2,1-4H3,(H2,27,34)(H,29,35)(H,30,31,38). The Hall–Kier alpha value is -4.26. The van der Waals surface area contributed by atoms with E-state index in [1.165, 1.54) is 19.4 Å². The number of nitrogens with two attached hydrogens (primary N) is 2. The Morgan fingerprint density at radius 3 is 2.47 bits per heavy atom. The molecule has 0 bridgehead atoms. The highest BCUT2D eigenvalue weighted by atomic mass is 32.1. The summed E-state index contributed by atoms with van der Waals surface area (Å²) in [5, 5.41) is 5.79. The van der Waals surface area contributed by atoms with Gasteiger partial charge in [-0.3, -0.25) is 9.59 Å². The van der Waals surface area contributed by atoms with Crippen LogP contribution in [-0.4, -0.2) is 72.6 Å². The summed E-state index contributed by atoms with van der Waals surface area (Å²) < 4.78 is 5.08. The lowest BCUT2D eigenvalue weighted by molar-refractivity contribution is -0.143. The first kappa shape index (κ1) is 28.3. The van der Waals surface area contributed by atoms with Crippen LogP contribution in [0, 0.1) is 0 Å². The van der Waals surface area contributed by atoms with Crippen LogP contribution in [0.1, 0.15) is 40.6 Å². The van der Waals surface area contributed by atoms with Crippen molar-refractivity contribution in [2.75, 3.05) is 42.9 Å². The molecule has 2 aromatic rings. The van der Waals surface area contributed by atoms with Gasteiger partial charge in [-0.05, 0) is 50.1 Å². The van der Waals surface area contributed by atoms with E-state index < -0.39 is 24.0 Å². The van der Waals surface area contributed by atoms with Crippen LogP contribution in [0.3, 0.4) is 0 Å². The minimum atomic E-state index is -0.890. The maximum Gasteiger partial charge on any atom is 0.330 e. The van der Waals surface area contributed by atoms with E-state index in [-0.39, 0.29) is 28.2 Å². The summed E-state index contributed by atoms with van der Waals surface area (Å²) in [5.41, 5.74) is 12.9. The molecule has 1 aliphatic heterocycles. The Morgan fingerprint density at radius 1 is 1.21 bits per heavy atom. The molecule has 1 aromatic carbocycles. The average molecular weight is 541 g/mol. The van der Waals surface area contributed by atoms with Gasteiger partial charge in [0, 0.05) is 37.6 Å². The molecule has 1 saturated heterocycles. The second-order valence-electron chi connectivity index (χ2n) is 8.99. The maximum absolute atomic E-state index is 13.1. The number of benzene rings is 1. The number of esters is 1. The molecule has 1 aromatic heterocycles. The topological polar surface area (TPSA) is 169 Å². The summed E-state index contributed by atoms with van der Waals surface area (Å²) in [4.78, 5) is 50.5. The fourth-order valence-corrected chi connectivity index (χ4v) is 4.41. The number of rotatable bonds is 8. The zero-order valence-corrected chi connectivity index (χ0v) is 22.5. The minimum absolute atomic E-state index is 0.0215. The van der Waals surface area contributed by atoms with Crippen molar-refractivity contribution in [2.24, 2.45) is 11.5 Å². The van der Waals surface area contributed by atoms with Gasteiger partial charge in [0.25, 0.3) is 11.8 Å². The number of nitrogens with zero attached hydrogens (tertiary/aromatic N) is 4. The quantitative estimate of drug-likeness (QED) is 0.215. The van der Waals surface area contributed by atoms with Gasteiger partial charge in [0.1, 0.15) is 16.8 Å². The third-order valence-electron chi connectivity index (χ3n) is 5.92. The monoisotopic (exact) mass is 540 g/mol. The number of aromatic nitrogens is 2. The van der Waals surface area contributed by atoms with Crippen LogP contribution >= 0.6 is 12.2 Å². The molecule has 0 spiro atoms. The summed E-state index contributed by atoms with van der Waals surface area (Å²) in [6.07, 6.45) is 4.02. The van der Waals surface area contributed by atoms with Gasteiger partial charge < -0.3 is 36.6 Å². The first-order valence-electron chi connectivity index (χ1n) is 11.9. The first-order valence-corrected chi connectivity index (χ1v) is 12.3. The highest BCUT2D eigenvalue weighted by Gasteiger charge is 2.40. The number of allylic oxidation sites excluding steroid dienone is 1. The number of amides is 2. The van der Waals surface area contributed by atoms with Crippen molar-refractivity contribution in [3.05, 3.63) is 53.5 Å². The Kier molecular flexibility index (Phi) is 9.18. The SMILES string of the molecule is COC(=O)C1C(NC(=O)c2ccc(N(C)C)cc2)CCCN1c1cnc(C(N)=O)c(NC(=S)C=C(C)N)n1. The van der Waals surface area contributed by atoms with Gasteiger partial charge in [-0.15, -0.1) is 0 Å². The molecule has 2 unspecified atom stereocenters. The van der Waals surface area contributed by atoms with Crippen LogP contribution in [0.4, 0.5) is 17.3 Å². The van der Waals surface area contributed by atoms with Crippen LogP contribution in [0.5, 0.6) is 0 Å². The van der Waals surface area contributed by atoms with E-state index in [1.807, 2.05) is 31.1 Å². The number of methoxy groups -OCH3 is 1. The molecule has 2 heterocycles. The lowest BCUT2D eigenvalue weighted by Gasteiger charge is -2.40. The van der Waals surface area contributed by atoms with Gasteiger partial charge in [0.2, 0.25) is 0 Å². The fraction of sp³-hybridized carbons (Fsp3) is 0.360. The molecular formula is C25H32N8O4S. The number of hydrogen-bond acceptors (Lipinski definition) is 10. The fourth-order valence-electron chi connectivity index (χ4n) is 4.12. The summed E-state index contributed by atoms with van der Waals surface area (Å²) in [7, 11) is 5.11. The third-order valence-corrected chi connectivity index (χ3v) is 6.14. The van der Waals surface area contributed by atoms with Crippen molar-refractivity contribution in [3.8, 4) is 0 Å². The number of carbonyl (C=O) groups is 3. The Balaban J connectivity index is 1.92. The van der Waals surface area contributed by atoms with Crippen molar-refractivity contribution in [2.45, 2.75) is 31.8 Å². The Morgan fingerprint density at radius 2 is 1.89 bits per heavy atom. The highest BCUT2D eigenvalue weighted by molar-refractivity contribution is 7.81. The molecule has 1 fully saturated rings. The summed E-state index contributed by atoms with van der Waals surface area (Å²) in [6.45, 7) is 2.09. The number of hydrogen-bond donors (Lipinski definition) is 4. The third kappa shape index (κ3) is 6.73. The lowest BCUT2D eigenvalue weighted by atomic mass is 9.95. The van der Waals surface area contributed by atoms with Gasteiger partial charge in [0.15, 0.2) is 11.5 Å². The van der Waals surface area contributed by atoms with Gasteiger partial charge in [-0.25, -0.2) is 14.8 Å². The average Bonchev–Trinajstić information content (AvgIpc) is 2.87. The van der Waals surface area contributed by atoms with Crippen LogP contribution in [0.2, 0.25) is 0 Å². The van der Waals surface area contributed by atoms with E-state index in [1.54, 1.807) is 24.0 Å². The molecule has 6 N–H and O–H groups in total. The van der Waals surface area contributed by atoms with Crippen molar-refractivity contribution < 1.29 is 19.1 Å². The second kappa shape index (κ2) is 12.3. The van der Waals surface area contributed by atoms with Crippen molar-refractivity contribution >= 4 is 52.3 Å². The van der Waals surface area contributed by atoms with Gasteiger partial charge >= 0.3 is 5.97 Å². The number of carbonyl (C=O) groups excluding carboxylic acids is 3. The normalized spacial score (nSPS) is 17.4. The van der Waals surface area contributed by atoms with Gasteiger partial charge in [-0.2, -0.15) is 0 Å². The number of primary amides is 1. The molecule has 3 rings (SSSR count). The van der Waals surface area contributed by atoms with Gasteiger partial charge in [-0.1, -0.05) is 12.2 Å². The molecule has 2 atom stereocenters. The van der Waals surface area contributed by atoms with Crippen molar-refractivity contribution in [1.82, 2.24) is 15.3 Å². The maximum atomic E-state index is 13.1. The second-order valence-corrected chi connectivity index (χ2v) is 9.43. The summed E-state index contributed by atoms with van der Waals surface area (Å²) in [5.74, 6) is -1.38. The van der Waals surface area contributed by atoms with E-state index in [9.17, 15) is 14.4 Å². The minimum Gasteiger partial charge on any atom is -0.467 e. The highest BCUT2D eigenvalue weighted by Crippen LogP contribution is 2.27. The molecule has 38 heavy (non-hydrogen) atoms. The summed E-state index contributed by atoms with van der Waals surface area (Å²) >= 11 is 5.25. The lowest BCUT2D eigenvalue weighted by Crippen LogP contribution is -2.59. The molecule has 0 saturated carbocycles. The molecule has 0 radical (unpaired) electrons. The largest absolute Gasteiger partial charge is 0.467 e. The summed E-state index contributed by atoms with van der Waals surface area (Å²) in [6, 6.07) is 5.68. The molecule has 1 aliphatic rings. The predicted molar refractivity (Wildman–Crippen MR) is 149 cm³/mol. The molecule has 0 aliphatic carbocycles.